The second kappa shape index (κ2) is 6.52. The Labute approximate surface area is 126 Å². The fourth-order valence-electron chi connectivity index (χ4n) is 1.84. The van der Waals surface area contributed by atoms with E-state index in [1.54, 1.807) is 11.4 Å². The van der Waals surface area contributed by atoms with Gasteiger partial charge in [-0.1, -0.05) is 6.07 Å². The maximum Gasteiger partial charge on any atom is 0.309 e. The highest BCUT2D eigenvalue weighted by Crippen LogP contribution is 2.25. The highest BCUT2D eigenvalue weighted by atomic mass is 32.2. The average Bonchev–Trinajstić information content (AvgIpc) is 3.14. The van der Waals surface area contributed by atoms with Crippen LogP contribution in [0.4, 0.5) is 0 Å². The molecule has 2 heterocycles. The van der Waals surface area contributed by atoms with Gasteiger partial charge in [-0.05, 0) is 11.4 Å². The highest BCUT2D eigenvalue weighted by molar-refractivity contribution is 7.91. The van der Waals surface area contributed by atoms with Gasteiger partial charge < -0.3 is 15.4 Å². The summed E-state index contributed by atoms with van der Waals surface area (Å²) in [7, 11) is -2.31. The first kappa shape index (κ1) is 15.9. The van der Waals surface area contributed by atoms with Gasteiger partial charge in [-0.25, -0.2) is 8.42 Å². The van der Waals surface area contributed by atoms with Crippen molar-refractivity contribution in [1.82, 2.24) is 14.9 Å². The summed E-state index contributed by atoms with van der Waals surface area (Å²) in [6.07, 6.45) is -0.814. The molecule has 1 atom stereocenters. The average molecular weight is 333 g/mol. The van der Waals surface area contributed by atoms with Crippen LogP contribution < -0.4 is 10.6 Å². The molecule has 8 nitrogen and oxygen atoms in total. The number of thiophene rings is 1. The molecular weight excluding hydrogens is 318 g/mol. The van der Waals surface area contributed by atoms with Crippen molar-refractivity contribution >= 4 is 33.2 Å². The summed E-state index contributed by atoms with van der Waals surface area (Å²) in [6.45, 7) is 0.364. The van der Waals surface area contributed by atoms with Gasteiger partial charge in [-0.3, -0.25) is 9.59 Å². The summed E-state index contributed by atoms with van der Waals surface area (Å²) in [6, 6.07) is 3.16. The van der Waals surface area contributed by atoms with Gasteiger partial charge >= 0.3 is 11.8 Å². The fourth-order valence-corrected chi connectivity index (χ4v) is 4.47. The second-order valence-corrected chi connectivity index (χ2v) is 7.23. The van der Waals surface area contributed by atoms with E-state index in [4.69, 9.17) is 4.74 Å². The fraction of sp³-hybridized carbons (Fsp3) is 0.455. The summed E-state index contributed by atoms with van der Waals surface area (Å²) in [4.78, 5) is 22.5. The van der Waals surface area contributed by atoms with E-state index in [1.807, 2.05) is 0 Å². The summed E-state index contributed by atoms with van der Waals surface area (Å²) in [5.41, 5.74) is 0. The Kier molecular flexibility index (Phi) is 4.93. The molecule has 0 aromatic carbocycles. The third-order valence-corrected chi connectivity index (χ3v) is 6.13. The van der Waals surface area contributed by atoms with E-state index in [9.17, 15) is 18.0 Å². The number of ether oxygens (including phenoxy) is 1. The third kappa shape index (κ3) is 3.40. The van der Waals surface area contributed by atoms with Gasteiger partial charge in [-0.15, -0.1) is 11.3 Å². The number of rotatable bonds is 4. The molecule has 10 heteroatoms. The third-order valence-electron chi connectivity index (χ3n) is 2.87. The molecule has 1 aromatic rings. The molecule has 0 aliphatic carbocycles. The number of likely N-dealkylation sites (N-methyl/N-ethyl adjacent to an activating group) is 1. The maximum absolute atomic E-state index is 12.4. The second-order valence-electron chi connectivity index (χ2n) is 4.16. The van der Waals surface area contributed by atoms with Crippen LogP contribution in [0.5, 0.6) is 0 Å². The standard InChI is InChI=1S/C11H15N3O5S2/c1-12-10(15)11(16)13-7-8-14(4-5-19-8)21(17,18)9-3-2-6-20-9/h2-3,6,8H,4-5,7H2,1H3,(H,12,15)(H,13,16)/t8-/m1/s1. The van der Waals surface area contributed by atoms with Crippen molar-refractivity contribution in [2.75, 3.05) is 26.7 Å². The lowest BCUT2D eigenvalue weighted by Gasteiger charge is -2.21. The molecule has 116 valence electrons. The van der Waals surface area contributed by atoms with Gasteiger partial charge in [0.15, 0.2) is 0 Å². The zero-order valence-electron chi connectivity index (χ0n) is 11.2. The van der Waals surface area contributed by atoms with Crippen LogP contribution in [0.2, 0.25) is 0 Å². The molecule has 0 radical (unpaired) electrons. The number of carbonyl (C=O) groups excluding carboxylic acids is 2. The summed E-state index contributed by atoms with van der Waals surface area (Å²) < 4.78 is 31.5. The van der Waals surface area contributed by atoms with Crippen molar-refractivity contribution in [3.8, 4) is 0 Å². The Morgan fingerprint density at radius 2 is 2.24 bits per heavy atom. The number of nitrogens with one attached hydrogen (secondary N) is 2. The van der Waals surface area contributed by atoms with E-state index >= 15 is 0 Å². The van der Waals surface area contributed by atoms with E-state index in [0.717, 1.165) is 11.3 Å². The zero-order valence-corrected chi connectivity index (χ0v) is 12.9. The van der Waals surface area contributed by atoms with Crippen LogP contribution >= 0.6 is 11.3 Å². The van der Waals surface area contributed by atoms with Crippen molar-refractivity contribution < 1.29 is 22.7 Å². The first-order valence-electron chi connectivity index (χ1n) is 6.13. The lowest BCUT2D eigenvalue weighted by molar-refractivity contribution is -0.139. The lowest BCUT2D eigenvalue weighted by Crippen LogP contribution is -2.46. The van der Waals surface area contributed by atoms with E-state index < -0.39 is 28.1 Å². The van der Waals surface area contributed by atoms with E-state index in [2.05, 4.69) is 10.6 Å². The van der Waals surface area contributed by atoms with Gasteiger partial charge in [0, 0.05) is 13.6 Å². The van der Waals surface area contributed by atoms with Crippen molar-refractivity contribution in [1.29, 1.82) is 0 Å². The van der Waals surface area contributed by atoms with E-state index in [0.29, 0.717) is 0 Å². The van der Waals surface area contributed by atoms with Crippen LogP contribution in [0.1, 0.15) is 0 Å². The smallest absolute Gasteiger partial charge is 0.309 e. The monoisotopic (exact) mass is 333 g/mol. The molecule has 0 bridgehead atoms. The van der Waals surface area contributed by atoms with Crippen LogP contribution in [-0.2, 0) is 24.3 Å². The quantitative estimate of drug-likeness (QED) is 0.685. The van der Waals surface area contributed by atoms with E-state index in [1.165, 1.54) is 17.4 Å². The number of amides is 2. The number of carbonyl (C=O) groups is 2. The normalized spacial score (nSPS) is 19.4. The minimum atomic E-state index is -3.64. The summed E-state index contributed by atoms with van der Waals surface area (Å²) in [5, 5.41) is 6.20. The Hall–Kier alpha value is -1.49. The predicted molar refractivity (Wildman–Crippen MR) is 75.0 cm³/mol. The molecule has 2 amide bonds. The van der Waals surface area contributed by atoms with Crippen LogP contribution in [0.15, 0.2) is 21.7 Å². The molecule has 2 rings (SSSR count). The van der Waals surface area contributed by atoms with Crippen molar-refractivity contribution in [3.63, 3.8) is 0 Å². The first-order chi connectivity index (χ1) is 9.96. The SMILES string of the molecule is CNC(=O)C(=O)NC[C@H]1OCCN1S(=O)(=O)c1cccs1. The molecule has 1 aromatic heterocycles. The summed E-state index contributed by atoms with van der Waals surface area (Å²) in [5.74, 6) is -1.62. The minimum Gasteiger partial charge on any atom is -0.359 e. The Bertz CT molecular complexity index is 614. The molecule has 2 N–H and O–H groups in total. The first-order valence-corrected chi connectivity index (χ1v) is 8.45. The minimum absolute atomic E-state index is 0.0864. The number of nitrogens with zero attached hydrogens (tertiary/aromatic N) is 1. The molecule has 1 aliphatic rings. The Morgan fingerprint density at radius 1 is 1.48 bits per heavy atom. The largest absolute Gasteiger partial charge is 0.359 e. The van der Waals surface area contributed by atoms with Crippen molar-refractivity contribution in [2.24, 2.45) is 0 Å². The van der Waals surface area contributed by atoms with Crippen LogP contribution in [0.25, 0.3) is 0 Å². The Balaban J connectivity index is 2.04. The van der Waals surface area contributed by atoms with Crippen LogP contribution in [0, 0.1) is 0 Å². The van der Waals surface area contributed by atoms with Gasteiger partial charge in [0.2, 0.25) is 0 Å². The molecule has 1 aliphatic heterocycles. The van der Waals surface area contributed by atoms with Crippen molar-refractivity contribution in [3.05, 3.63) is 17.5 Å². The van der Waals surface area contributed by atoms with Gasteiger partial charge in [-0.2, -0.15) is 4.31 Å². The van der Waals surface area contributed by atoms with Gasteiger partial charge in [0.1, 0.15) is 10.4 Å². The number of hydrogen-bond donors (Lipinski definition) is 2. The number of hydrogen-bond acceptors (Lipinski definition) is 6. The number of sulfonamides is 1. The van der Waals surface area contributed by atoms with Crippen molar-refractivity contribution in [2.45, 2.75) is 10.4 Å². The zero-order chi connectivity index (χ0) is 15.5. The molecule has 0 unspecified atom stereocenters. The lowest BCUT2D eigenvalue weighted by atomic mass is 10.5. The predicted octanol–water partition coefficient (Wildman–Crippen LogP) is -1.04. The molecule has 1 saturated heterocycles. The summed E-state index contributed by atoms with van der Waals surface area (Å²) >= 11 is 1.12. The molecule has 1 fully saturated rings. The molecule has 0 saturated carbocycles. The van der Waals surface area contributed by atoms with Crippen LogP contribution in [0.3, 0.4) is 0 Å². The topological polar surface area (TPSA) is 105 Å². The van der Waals surface area contributed by atoms with Crippen LogP contribution in [-0.4, -0.2) is 57.5 Å². The van der Waals surface area contributed by atoms with Gasteiger partial charge in [0.25, 0.3) is 10.0 Å². The Morgan fingerprint density at radius 3 is 2.86 bits per heavy atom. The molecular formula is C11H15N3O5S2. The van der Waals surface area contributed by atoms with E-state index in [-0.39, 0.29) is 23.9 Å². The van der Waals surface area contributed by atoms with Gasteiger partial charge in [0.05, 0.1) is 13.2 Å². The highest BCUT2D eigenvalue weighted by Gasteiger charge is 2.37. The maximum atomic E-state index is 12.4. The molecule has 0 spiro atoms. The molecule has 21 heavy (non-hydrogen) atoms.